The molecule has 0 heterocycles. The van der Waals surface area contributed by atoms with Gasteiger partial charge in [-0.25, -0.2) is 0 Å². The summed E-state index contributed by atoms with van der Waals surface area (Å²) in [5, 5.41) is 0. The van der Waals surface area contributed by atoms with Gasteiger partial charge in [0.15, 0.2) is 0 Å². The summed E-state index contributed by atoms with van der Waals surface area (Å²) in [7, 11) is 1.65. The second-order valence-corrected chi connectivity index (χ2v) is 5.92. The molecule has 0 N–H and O–H groups in total. The zero-order valence-corrected chi connectivity index (χ0v) is 16.1. The van der Waals surface area contributed by atoms with Crippen molar-refractivity contribution < 1.29 is 23.7 Å². The number of rotatable bonds is 12. The average Bonchev–Trinajstić information content (AvgIpc) is 2.50. The first-order chi connectivity index (χ1) is 10.7. The van der Waals surface area contributed by atoms with Crippen LogP contribution in [0.3, 0.4) is 0 Å². The molecule has 1 aromatic carbocycles. The van der Waals surface area contributed by atoms with Crippen molar-refractivity contribution in [2.45, 2.75) is 6.92 Å². The Morgan fingerprint density at radius 3 is 1.82 bits per heavy atom. The van der Waals surface area contributed by atoms with Crippen molar-refractivity contribution >= 4 is 31.9 Å². The van der Waals surface area contributed by atoms with Gasteiger partial charge >= 0.3 is 0 Å². The maximum absolute atomic E-state index is 5.68. The maximum atomic E-state index is 5.68. The molecular formula is C15H22Br2O5. The van der Waals surface area contributed by atoms with E-state index in [1.165, 1.54) is 0 Å². The normalized spacial score (nSPS) is 10.7. The Morgan fingerprint density at radius 2 is 1.27 bits per heavy atom. The highest BCUT2D eigenvalue weighted by molar-refractivity contribution is 9.11. The maximum Gasteiger partial charge on any atom is 0.134 e. The number of hydrogen-bond donors (Lipinski definition) is 0. The van der Waals surface area contributed by atoms with Crippen LogP contribution in [0.2, 0.25) is 0 Å². The van der Waals surface area contributed by atoms with Crippen LogP contribution in [0.1, 0.15) is 6.92 Å². The van der Waals surface area contributed by atoms with E-state index in [2.05, 4.69) is 31.9 Å². The Bertz CT molecular complexity index is 429. The first-order valence-corrected chi connectivity index (χ1v) is 8.66. The largest absolute Gasteiger partial charge is 0.493 e. The minimum Gasteiger partial charge on any atom is -0.493 e. The lowest BCUT2D eigenvalue weighted by atomic mass is 10.3. The Morgan fingerprint density at radius 1 is 0.773 bits per heavy atom. The number of halogens is 2. The van der Waals surface area contributed by atoms with E-state index < -0.39 is 0 Å². The molecule has 0 bridgehead atoms. The van der Waals surface area contributed by atoms with E-state index in [1.807, 2.05) is 19.1 Å². The third-order valence-electron chi connectivity index (χ3n) is 2.58. The van der Waals surface area contributed by atoms with E-state index in [-0.39, 0.29) is 0 Å². The van der Waals surface area contributed by atoms with E-state index >= 15 is 0 Å². The van der Waals surface area contributed by atoms with Crippen LogP contribution >= 0.6 is 31.9 Å². The summed E-state index contributed by atoms with van der Waals surface area (Å²) in [5.41, 5.74) is 0. The lowest BCUT2D eigenvalue weighted by Gasteiger charge is -2.12. The van der Waals surface area contributed by atoms with Crippen molar-refractivity contribution in [1.29, 1.82) is 0 Å². The van der Waals surface area contributed by atoms with E-state index in [0.717, 1.165) is 20.4 Å². The molecule has 0 amide bonds. The van der Waals surface area contributed by atoms with Gasteiger partial charge in [-0.05, 0) is 50.9 Å². The topological polar surface area (TPSA) is 46.2 Å². The molecule has 126 valence electrons. The van der Waals surface area contributed by atoms with Crippen molar-refractivity contribution in [3.8, 4) is 11.5 Å². The Kier molecular flexibility index (Phi) is 10.9. The SMILES string of the molecule is CCOc1cc(Br)c(OCCOCCOCCOC)cc1Br. The molecule has 22 heavy (non-hydrogen) atoms. The third kappa shape index (κ3) is 7.78. The fourth-order valence-corrected chi connectivity index (χ4v) is 2.44. The molecule has 0 saturated heterocycles. The molecule has 0 aliphatic heterocycles. The molecule has 7 heteroatoms. The van der Waals surface area contributed by atoms with Gasteiger partial charge in [0.2, 0.25) is 0 Å². The second kappa shape index (κ2) is 12.1. The Labute approximate surface area is 148 Å². The molecular weight excluding hydrogens is 420 g/mol. The van der Waals surface area contributed by atoms with Gasteiger partial charge in [0.1, 0.15) is 18.1 Å². The molecule has 1 aromatic rings. The lowest BCUT2D eigenvalue weighted by Crippen LogP contribution is -2.12. The van der Waals surface area contributed by atoms with Gasteiger partial charge in [0.05, 0.1) is 48.6 Å². The summed E-state index contributed by atoms with van der Waals surface area (Å²) >= 11 is 6.93. The van der Waals surface area contributed by atoms with Gasteiger partial charge in [-0.15, -0.1) is 0 Å². The van der Waals surface area contributed by atoms with Crippen LogP contribution in [-0.2, 0) is 14.2 Å². The number of hydrogen-bond acceptors (Lipinski definition) is 5. The Balaban J connectivity index is 2.21. The van der Waals surface area contributed by atoms with E-state index in [1.54, 1.807) is 7.11 Å². The van der Waals surface area contributed by atoms with Crippen LogP contribution in [0.15, 0.2) is 21.1 Å². The van der Waals surface area contributed by atoms with Crippen molar-refractivity contribution in [2.75, 3.05) is 53.4 Å². The number of ether oxygens (including phenoxy) is 5. The number of benzene rings is 1. The molecule has 0 aliphatic rings. The van der Waals surface area contributed by atoms with E-state index in [4.69, 9.17) is 23.7 Å². The van der Waals surface area contributed by atoms with Crippen LogP contribution in [0.5, 0.6) is 11.5 Å². The highest BCUT2D eigenvalue weighted by Gasteiger charge is 2.08. The molecule has 1 rings (SSSR count). The van der Waals surface area contributed by atoms with Crippen molar-refractivity contribution in [1.82, 2.24) is 0 Å². The van der Waals surface area contributed by atoms with Gasteiger partial charge in [0.25, 0.3) is 0 Å². The van der Waals surface area contributed by atoms with Crippen LogP contribution < -0.4 is 9.47 Å². The second-order valence-electron chi connectivity index (χ2n) is 4.21. The summed E-state index contributed by atoms with van der Waals surface area (Å²) in [6, 6.07) is 3.76. The predicted molar refractivity (Wildman–Crippen MR) is 92.0 cm³/mol. The quantitative estimate of drug-likeness (QED) is 0.463. The third-order valence-corrected chi connectivity index (χ3v) is 3.81. The van der Waals surface area contributed by atoms with Crippen molar-refractivity contribution in [3.63, 3.8) is 0 Å². The van der Waals surface area contributed by atoms with Gasteiger partial charge in [-0.2, -0.15) is 0 Å². The average molecular weight is 442 g/mol. The summed E-state index contributed by atoms with van der Waals surface area (Å²) in [4.78, 5) is 0. The van der Waals surface area contributed by atoms with Gasteiger partial charge < -0.3 is 23.7 Å². The highest BCUT2D eigenvalue weighted by Crippen LogP contribution is 2.36. The van der Waals surface area contributed by atoms with E-state index in [9.17, 15) is 0 Å². The van der Waals surface area contributed by atoms with Crippen LogP contribution in [0, 0.1) is 0 Å². The molecule has 0 fully saturated rings. The van der Waals surface area contributed by atoms with Crippen LogP contribution in [0.25, 0.3) is 0 Å². The summed E-state index contributed by atoms with van der Waals surface area (Å²) in [5.74, 6) is 1.53. The minimum absolute atomic E-state index is 0.469. The van der Waals surface area contributed by atoms with Crippen LogP contribution in [-0.4, -0.2) is 53.4 Å². The molecule has 0 atom stereocenters. The van der Waals surface area contributed by atoms with Crippen molar-refractivity contribution in [3.05, 3.63) is 21.1 Å². The zero-order valence-electron chi connectivity index (χ0n) is 12.9. The summed E-state index contributed by atoms with van der Waals surface area (Å²) < 4.78 is 28.5. The standard InChI is InChI=1S/C15H22Br2O5/c1-3-21-14-10-13(17)15(11-12(14)16)22-9-8-20-7-6-19-5-4-18-2/h10-11H,3-9H2,1-2H3. The predicted octanol–water partition coefficient (Wildman–Crippen LogP) is 3.67. The fraction of sp³-hybridized carbons (Fsp3) is 0.600. The van der Waals surface area contributed by atoms with Gasteiger partial charge in [-0.3, -0.25) is 0 Å². The summed E-state index contributed by atoms with van der Waals surface area (Å²) in [6.45, 7) is 5.82. The first kappa shape index (κ1) is 19.7. The zero-order chi connectivity index (χ0) is 16.2. The van der Waals surface area contributed by atoms with Gasteiger partial charge in [0, 0.05) is 7.11 Å². The monoisotopic (exact) mass is 440 g/mol. The molecule has 0 aliphatic carbocycles. The molecule has 0 aromatic heterocycles. The highest BCUT2D eigenvalue weighted by atomic mass is 79.9. The molecule has 5 nitrogen and oxygen atoms in total. The van der Waals surface area contributed by atoms with Crippen molar-refractivity contribution in [2.24, 2.45) is 0 Å². The Hall–Kier alpha value is -0.340. The first-order valence-electron chi connectivity index (χ1n) is 7.08. The number of methoxy groups -OCH3 is 1. The van der Waals surface area contributed by atoms with E-state index in [0.29, 0.717) is 46.2 Å². The molecule has 0 unspecified atom stereocenters. The molecule has 0 radical (unpaired) electrons. The van der Waals surface area contributed by atoms with Crippen LogP contribution in [0.4, 0.5) is 0 Å². The lowest BCUT2D eigenvalue weighted by molar-refractivity contribution is 0.0179. The summed E-state index contributed by atoms with van der Waals surface area (Å²) in [6.07, 6.45) is 0. The molecule has 0 spiro atoms. The smallest absolute Gasteiger partial charge is 0.134 e. The molecule has 0 saturated carbocycles. The fourth-order valence-electron chi connectivity index (χ4n) is 1.56. The van der Waals surface area contributed by atoms with Gasteiger partial charge in [-0.1, -0.05) is 0 Å². The minimum atomic E-state index is 0.469.